The van der Waals surface area contributed by atoms with E-state index in [4.69, 9.17) is 0 Å². The van der Waals surface area contributed by atoms with E-state index in [-0.39, 0.29) is 5.91 Å². The Hall–Kier alpha value is -1.55. The van der Waals surface area contributed by atoms with E-state index in [9.17, 15) is 4.79 Å². The van der Waals surface area contributed by atoms with Gasteiger partial charge in [0.1, 0.15) is 0 Å². The smallest absolute Gasteiger partial charge is 0.236 e. The van der Waals surface area contributed by atoms with Crippen molar-refractivity contribution in [3.63, 3.8) is 0 Å². The number of aryl methyl sites for hydroxylation is 1. The fourth-order valence-corrected chi connectivity index (χ4v) is 3.23. The van der Waals surface area contributed by atoms with Crippen LogP contribution in [0.3, 0.4) is 0 Å². The molecular formula is C19H31N3O. The van der Waals surface area contributed by atoms with E-state index in [1.54, 1.807) is 0 Å². The molecule has 0 atom stereocenters. The van der Waals surface area contributed by atoms with Gasteiger partial charge in [-0.05, 0) is 50.6 Å². The largest absolute Gasteiger partial charge is 0.368 e. The molecule has 1 aromatic carbocycles. The van der Waals surface area contributed by atoms with Crippen molar-refractivity contribution in [1.29, 1.82) is 0 Å². The molecule has 4 heteroatoms. The molecule has 1 amide bonds. The van der Waals surface area contributed by atoms with E-state index in [0.29, 0.717) is 6.54 Å². The van der Waals surface area contributed by atoms with Crippen molar-refractivity contribution in [3.05, 3.63) is 29.8 Å². The Balaban J connectivity index is 1.84. The molecule has 128 valence electrons. The summed E-state index contributed by atoms with van der Waals surface area (Å²) in [6, 6.07) is 8.62. The van der Waals surface area contributed by atoms with E-state index in [2.05, 4.69) is 54.8 Å². The standard InChI is InChI=1S/C19H31N3O/c1-4-9-20(10-5-2)16-19(23)22-13-11-21(12-14-22)18-8-6-7-17(3)15-18/h6-8,15H,4-5,9-14,16H2,1-3H3. The Bertz CT molecular complexity index is 489. The highest BCUT2D eigenvalue weighted by Crippen LogP contribution is 2.17. The second-order valence-corrected chi connectivity index (χ2v) is 6.48. The highest BCUT2D eigenvalue weighted by atomic mass is 16.2. The maximum Gasteiger partial charge on any atom is 0.236 e. The molecule has 0 unspecified atom stereocenters. The zero-order chi connectivity index (χ0) is 16.7. The number of piperazine rings is 1. The zero-order valence-electron chi connectivity index (χ0n) is 14.9. The number of benzene rings is 1. The van der Waals surface area contributed by atoms with Crippen molar-refractivity contribution in [2.45, 2.75) is 33.6 Å². The van der Waals surface area contributed by atoms with Gasteiger partial charge >= 0.3 is 0 Å². The molecule has 0 radical (unpaired) electrons. The van der Waals surface area contributed by atoms with Crippen molar-refractivity contribution < 1.29 is 4.79 Å². The number of hydrogen-bond donors (Lipinski definition) is 0. The fraction of sp³-hybridized carbons (Fsp3) is 0.632. The minimum absolute atomic E-state index is 0.288. The highest BCUT2D eigenvalue weighted by molar-refractivity contribution is 5.78. The number of amides is 1. The van der Waals surface area contributed by atoms with Gasteiger partial charge in [0.05, 0.1) is 6.54 Å². The average Bonchev–Trinajstić information content (AvgIpc) is 2.55. The third kappa shape index (κ3) is 5.24. The van der Waals surface area contributed by atoms with Gasteiger partial charge < -0.3 is 9.80 Å². The molecule has 1 saturated heterocycles. The van der Waals surface area contributed by atoms with Crippen molar-refractivity contribution in [2.75, 3.05) is 50.7 Å². The first kappa shape index (κ1) is 17.8. The summed E-state index contributed by atoms with van der Waals surface area (Å²) in [6.45, 7) is 12.6. The van der Waals surface area contributed by atoms with Crippen LogP contribution < -0.4 is 4.90 Å². The number of anilines is 1. The molecule has 23 heavy (non-hydrogen) atoms. The molecule has 0 aromatic heterocycles. The summed E-state index contributed by atoms with van der Waals surface area (Å²) in [7, 11) is 0. The molecule has 0 aliphatic carbocycles. The molecule has 4 nitrogen and oxygen atoms in total. The van der Waals surface area contributed by atoms with Crippen LogP contribution in [0.25, 0.3) is 0 Å². The number of carbonyl (C=O) groups is 1. The molecule has 0 N–H and O–H groups in total. The summed E-state index contributed by atoms with van der Waals surface area (Å²) in [5.74, 6) is 0.288. The average molecular weight is 317 g/mol. The third-order valence-electron chi connectivity index (χ3n) is 4.44. The lowest BCUT2D eigenvalue weighted by Gasteiger charge is -2.37. The van der Waals surface area contributed by atoms with Crippen LogP contribution in [-0.2, 0) is 4.79 Å². The number of carbonyl (C=O) groups excluding carboxylic acids is 1. The van der Waals surface area contributed by atoms with E-state index >= 15 is 0 Å². The highest BCUT2D eigenvalue weighted by Gasteiger charge is 2.22. The molecule has 1 fully saturated rings. The Morgan fingerprint density at radius 3 is 2.30 bits per heavy atom. The van der Waals surface area contributed by atoms with Gasteiger partial charge in [-0.3, -0.25) is 9.69 Å². The lowest BCUT2D eigenvalue weighted by molar-refractivity contribution is -0.132. The summed E-state index contributed by atoms with van der Waals surface area (Å²) in [4.78, 5) is 19.2. The number of nitrogens with zero attached hydrogens (tertiary/aromatic N) is 3. The lowest BCUT2D eigenvalue weighted by Crippen LogP contribution is -2.51. The van der Waals surface area contributed by atoms with Gasteiger partial charge in [0.15, 0.2) is 0 Å². The number of hydrogen-bond acceptors (Lipinski definition) is 3. The first-order valence-corrected chi connectivity index (χ1v) is 8.95. The topological polar surface area (TPSA) is 26.8 Å². The third-order valence-corrected chi connectivity index (χ3v) is 4.44. The van der Waals surface area contributed by atoms with E-state index in [1.807, 2.05) is 4.90 Å². The quantitative estimate of drug-likeness (QED) is 0.774. The molecule has 0 spiro atoms. The fourth-order valence-electron chi connectivity index (χ4n) is 3.23. The maximum atomic E-state index is 12.5. The maximum absolute atomic E-state index is 12.5. The van der Waals surface area contributed by atoms with E-state index < -0.39 is 0 Å². The van der Waals surface area contributed by atoms with E-state index in [0.717, 1.165) is 52.1 Å². The van der Waals surface area contributed by atoms with Crippen LogP contribution in [0.4, 0.5) is 5.69 Å². The summed E-state index contributed by atoms with van der Waals surface area (Å²) < 4.78 is 0. The normalized spacial score (nSPS) is 15.3. The van der Waals surface area contributed by atoms with Crippen molar-refractivity contribution in [3.8, 4) is 0 Å². The van der Waals surface area contributed by atoms with Gasteiger partial charge in [-0.2, -0.15) is 0 Å². The summed E-state index contributed by atoms with van der Waals surface area (Å²) >= 11 is 0. The van der Waals surface area contributed by atoms with Crippen LogP contribution in [0.2, 0.25) is 0 Å². The monoisotopic (exact) mass is 317 g/mol. The van der Waals surface area contributed by atoms with Gasteiger partial charge in [-0.1, -0.05) is 26.0 Å². The van der Waals surface area contributed by atoms with Crippen LogP contribution in [-0.4, -0.2) is 61.5 Å². The number of rotatable bonds is 7. The molecule has 0 bridgehead atoms. The Morgan fingerprint density at radius 2 is 1.74 bits per heavy atom. The van der Waals surface area contributed by atoms with E-state index in [1.165, 1.54) is 11.3 Å². The van der Waals surface area contributed by atoms with Crippen LogP contribution in [0.15, 0.2) is 24.3 Å². The van der Waals surface area contributed by atoms with Gasteiger partial charge in [0, 0.05) is 31.9 Å². The first-order valence-electron chi connectivity index (χ1n) is 8.95. The van der Waals surface area contributed by atoms with Gasteiger partial charge in [0.25, 0.3) is 0 Å². The van der Waals surface area contributed by atoms with Gasteiger partial charge in [-0.25, -0.2) is 0 Å². The van der Waals surface area contributed by atoms with Crippen LogP contribution in [0.1, 0.15) is 32.3 Å². The minimum atomic E-state index is 0.288. The predicted molar refractivity (Wildman–Crippen MR) is 97.0 cm³/mol. The molecule has 0 saturated carbocycles. The molecule has 1 aliphatic heterocycles. The van der Waals surface area contributed by atoms with Gasteiger partial charge in [0.2, 0.25) is 5.91 Å². The molecule has 1 aliphatic rings. The molecule has 1 aromatic rings. The minimum Gasteiger partial charge on any atom is -0.368 e. The first-order chi connectivity index (χ1) is 11.1. The molecule has 1 heterocycles. The van der Waals surface area contributed by atoms with Crippen molar-refractivity contribution in [1.82, 2.24) is 9.80 Å². The van der Waals surface area contributed by atoms with Crippen LogP contribution in [0, 0.1) is 6.92 Å². The summed E-state index contributed by atoms with van der Waals surface area (Å²) in [5, 5.41) is 0. The Kier molecular flexibility index (Phi) is 6.90. The van der Waals surface area contributed by atoms with Crippen molar-refractivity contribution in [2.24, 2.45) is 0 Å². The van der Waals surface area contributed by atoms with Crippen LogP contribution in [0.5, 0.6) is 0 Å². The van der Waals surface area contributed by atoms with Crippen molar-refractivity contribution >= 4 is 11.6 Å². The predicted octanol–water partition coefficient (Wildman–Crippen LogP) is 2.77. The summed E-state index contributed by atoms with van der Waals surface area (Å²) in [6.07, 6.45) is 2.21. The Morgan fingerprint density at radius 1 is 1.09 bits per heavy atom. The second-order valence-electron chi connectivity index (χ2n) is 6.48. The SMILES string of the molecule is CCCN(CCC)CC(=O)N1CCN(c2cccc(C)c2)CC1. The molecular weight excluding hydrogens is 286 g/mol. The molecule has 2 rings (SSSR count). The summed E-state index contributed by atoms with van der Waals surface area (Å²) in [5.41, 5.74) is 2.56. The lowest BCUT2D eigenvalue weighted by atomic mass is 10.2. The van der Waals surface area contributed by atoms with Crippen LogP contribution >= 0.6 is 0 Å². The van der Waals surface area contributed by atoms with Gasteiger partial charge in [-0.15, -0.1) is 0 Å². The second kappa shape index (κ2) is 8.92. The Labute approximate surface area is 141 Å². The zero-order valence-corrected chi connectivity index (χ0v) is 14.9.